The van der Waals surface area contributed by atoms with E-state index in [0.717, 1.165) is 0 Å². The molecule has 1 aromatic heterocycles. The van der Waals surface area contributed by atoms with E-state index in [1.54, 1.807) is 0 Å². The van der Waals surface area contributed by atoms with Gasteiger partial charge in [-0.05, 0) is 18.2 Å². The highest BCUT2D eigenvalue weighted by atomic mass is 16.5. The van der Waals surface area contributed by atoms with Crippen molar-refractivity contribution >= 4 is 5.97 Å². The summed E-state index contributed by atoms with van der Waals surface area (Å²) in [5, 5.41) is 8.72. The first kappa shape index (κ1) is 16.1. The van der Waals surface area contributed by atoms with Crippen molar-refractivity contribution in [1.29, 1.82) is 5.26 Å². The molecule has 2 rings (SSSR count). The van der Waals surface area contributed by atoms with Crippen molar-refractivity contribution in [3.05, 3.63) is 41.6 Å². The number of benzene rings is 1. The Bertz CT molecular complexity index is 725. The number of rotatable bonds is 5. The topological polar surface area (TPSA) is 90.7 Å². The van der Waals surface area contributed by atoms with Crippen LogP contribution in [0.25, 0.3) is 0 Å². The lowest BCUT2D eigenvalue weighted by molar-refractivity contribution is 0.0726. The third kappa shape index (κ3) is 3.49. The third-order valence-electron chi connectivity index (χ3n) is 2.96. The van der Waals surface area contributed by atoms with E-state index in [9.17, 15) is 4.79 Å². The predicted molar refractivity (Wildman–Crippen MR) is 80.0 cm³/mol. The van der Waals surface area contributed by atoms with Gasteiger partial charge < -0.3 is 18.9 Å². The maximum absolute atomic E-state index is 12.2. The number of esters is 1. The molecule has 0 aliphatic carbocycles. The number of ether oxygens (including phenoxy) is 4. The standard InChI is InChI=1S/C16H14N2O5/c1-20-12-6-11(7-13(21-2)15(12)22-3)16(19)23-14-5-4-10(8-17)9-18-14/h4-7,9H,1-3H3. The molecule has 23 heavy (non-hydrogen) atoms. The molecular weight excluding hydrogens is 300 g/mol. The molecular formula is C16H14N2O5. The molecule has 0 N–H and O–H groups in total. The second kappa shape index (κ2) is 7.13. The molecule has 0 radical (unpaired) electrons. The summed E-state index contributed by atoms with van der Waals surface area (Å²) in [4.78, 5) is 16.1. The zero-order chi connectivity index (χ0) is 16.8. The molecule has 0 spiro atoms. The van der Waals surface area contributed by atoms with E-state index in [4.69, 9.17) is 24.2 Å². The van der Waals surface area contributed by atoms with Gasteiger partial charge in [0.05, 0.1) is 32.5 Å². The Hall–Kier alpha value is -3.27. The van der Waals surface area contributed by atoms with Gasteiger partial charge in [-0.25, -0.2) is 9.78 Å². The maximum atomic E-state index is 12.2. The van der Waals surface area contributed by atoms with E-state index in [2.05, 4.69) is 4.98 Å². The summed E-state index contributed by atoms with van der Waals surface area (Å²) in [7, 11) is 4.38. The van der Waals surface area contributed by atoms with Crippen LogP contribution in [0.3, 0.4) is 0 Å². The Morgan fingerprint density at radius 3 is 2.17 bits per heavy atom. The highest BCUT2D eigenvalue weighted by Crippen LogP contribution is 2.38. The minimum Gasteiger partial charge on any atom is -0.493 e. The molecule has 0 aliphatic heterocycles. The summed E-state index contributed by atoms with van der Waals surface area (Å²) in [5.74, 6) is 0.505. The lowest BCUT2D eigenvalue weighted by Crippen LogP contribution is -2.10. The van der Waals surface area contributed by atoms with Crippen molar-refractivity contribution in [1.82, 2.24) is 4.98 Å². The zero-order valence-corrected chi connectivity index (χ0v) is 12.8. The van der Waals surface area contributed by atoms with Gasteiger partial charge in [0.15, 0.2) is 11.5 Å². The van der Waals surface area contributed by atoms with Crippen LogP contribution >= 0.6 is 0 Å². The molecule has 1 heterocycles. The van der Waals surface area contributed by atoms with Crippen molar-refractivity contribution in [3.63, 3.8) is 0 Å². The van der Waals surface area contributed by atoms with Gasteiger partial charge >= 0.3 is 5.97 Å². The van der Waals surface area contributed by atoms with Gasteiger partial charge in [-0.1, -0.05) is 0 Å². The lowest BCUT2D eigenvalue weighted by Gasteiger charge is -2.13. The van der Waals surface area contributed by atoms with Crippen LogP contribution in [0.2, 0.25) is 0 Å². The number of aromatic nitrogens is 1. The van der Waals surface area contributed by atoms with E-state index in [1.807, 2.05) is 6.07 Å². The highest BCUT2D eigenvalue weighted by Gasteiger charge is 2.18. The van der Waals surface area contributed by atoms with Gasteiger partial charge in [0.2, 0.25) is 11.6 Å². The lowest BCUT2D eigenvalue weighted by atomic mass is 10.2. The van der Waals surface area contributed by atoms with Crippen LogP contribution in [-0.2, 0) is 0 Å². The van der Waals surface area contributed by atoms with Crippen molar-refractivity contribution < 1.29 is 23.7 Å². The van der Waals surface area contributed by atoms with Gasteiger partial charge in [-0.15, -0.1) is 0 Å². The molecule has 1 aromatic carbocycles. The van der Waals surface area contributed by atoms with Gasteiger partial charge in [-0.3, -0.25) is 0 Å². The van der Waals surface area contributed by atoms with Crippen LogP contribution < -0.4 is 18.9 Å². The third-order valence-corrected chi connectivity index (χ3v) is 2.96. The minimum absolute atomic E-state index is 0.0859. The molecule has 2 aromatic rings. The van der Waals surface area contributed by atoms with E-state index in [0.29, 0.717) is 22.8 Å². The largest absolute Gasteiger partial charge is 0.493 e. The molecule has 0 saturated carbocycles. The SMILES string of the molecule is COc1cc(C(=O)Oc2ccc(C#N)cn2)cc(OC)c1OC. The number of hydrogen-bond donors (Lipinski definition) is 0. The van der Waals surface area contributed by atoms with Crippen LogP contribution in [0.4, 0.5) is 0 Å². The molecule has 0 unspecified atom stereocenters. The molecule has 7 heteroatoms. The minimum atomic E-state index is -0.638. The quantitative estimate of drug-likeness (QED) is 0.781. The number of carbonyl (C=O) groups excluding carboxylic acids is 1. The summed E-state index contributed by atoms with van der Waals surface area (Å²) >= 11 is 0. The summed E-state index contributed by atoms with van der Waals surface area (Å²) in [6, 6.07) is 7.83. The number of hydrogen-bond acceptors (Lipinski definition) is 7. The smallest absolute Gasteiger partial charge is 0.345 e. The molecule has 0 aliphatic rings. The molecule has 0 amide bonds. The van der Waals surface area contributed by atoms with Gasteiger partial charge in [0.1, 0.15) is 6.07 Å². The van der Waals surface area contributed by atoms with Crippen molar-refractivity contribution in [2.45, 2.75) is 0 Å². The number of nitrogens with zero attached hydrogens (tertiary/aromatic N) is 2. The fraction of sp³-hybridized carbons (Fsp3) is 0.188. The molecule has 7 nitrogen and oxygen atoms in total. The van der Waals surface area contributed by atoms with Gasteiger partial charge in [-0.2, -0.15) is 5.26 Å². The molecule has 0 atom stereocenters. The molecule has 0 bridgehead atoms. The maximum Gasteiger partial charge on any atom is 0.345 e. The molecule has 118 valence electrons. The molecule has 0 saturated heterocycles. The normalized spacial score (nSPS) is 9.65. The van der Waals surface area contributed by atoms with Crippen molar-refractivity contribution in [2.24, 2.45) is 0 Å². The van der Waals surface area contributed by atoms with E-state index in [1.165, 1.54) is 51.8 Å². The van der Waals surface area contributed by atoms with Crippen LogP contribution in [-0.4, -0.2) is 32.3 Å². The first-order valence-corrected chi connectivity index (χ1v) is 6.51. The Balaban J connectivity index is 2.29. The Labute approximate surface area is 133 Å². The van der Waals surface area contributed by atoms with Crippen molar-refractivity contribution in [2.75, 3.05) is 21.3 Å². The van der Waals surface area contributed by atoms with Crippen LogP contribution in [0.1, 0.15) is 15.9 Å². The second-order valence-corrected chi connectivity index (χ2v) is 4.30. The average molecular weight is 314 g/mol. The summed E-state index contributed by atoms with van der Waals surface area (Å²) in [5.41, 5.74) is 0.586. The molecule has 0 fully saturated rings. The van der Waals surface area contributed by atoms with E-state index in [-0.39, 0.29) is 11.4 Å². The highest BCUT2D eigenvalue weighted by molar-refractivity contribution is 5.92. The zero-order valence-electron chi connectivity index (χ0n) is 12.8. The number of carbonyl (C=O) groups is 1. The number of pyridine rings is 1. The number of methoxy groups -OCH3 is 3. The van der Waals surface area contributed by atoms with Crippen molar-refractivity contribution in [3.8, 4) is 29.2 Å². The van der Waals surface area contributed by atoms with Crippen LogP contribution in [0, 0.1) is 11.3 Å². The second-order valence-electron chi connectivity index (χ2n) is 4.30. The summed E-state index contributed by atoms with van der Waals surface area (Å²) in [6.45, 7) is 0. The van der Waals surface area contributed by atoms with Crippen LogP contribution in [0.15, 0.2) is 30.5 Å². The fourth-order valence-corrected chi connectivity index (χ4v) is 1.86. The first-order chi connectivity index (χ1) is 11.1. The van der Waals surface area contributed by atoms with E-state index >= 15 is 0 Å². The Kier molecular flexibility index (Phi) is 5.00. The average Bonchev–Trinajstić information content (AvgIpc) is 2.60. The summed E-state index contributed by atoms with van der Waals surface area (Å²) < 4.78 is 20.7. The Morgan fingerprint density at radius 2 is 1.74 bits per heavy atom. The van der Waals surface area contributed by atoms with Crippen LogP contribution in [0.5, 0.6) is 23.1 Å². The fourth-order valence-electron chi connectivity index (χ4n) is 1.86. The predicted octanol–water partition coefficient (Wildman–Crippen LogP) is 2.20. The first-order valence-electron chi connectivity index (χ1n) is 6.51. The van der Waals surface area contributed by atoms with Gasteiger partial charge in [0, 0.05) is 12.3 Å². The Morgan fingerprint density at radius 1 is 1.09 bits per heavy atom. The summed E-state index contributed by atoms with van der Waals surface area (Å²) in [6.07, 6.45) is 1.32. The van der Waals surface area contributed by atoms with Gasteiger partial charge in [0.25, 0.3) is 0 Å². The van der Waals surface area contributed by atoms with E-state index < -0.39 is 5.97 Å². The monoisotopic (exact) mass is 314 g/mol. The number of nitriles is 1.